The topological polar surface area (TPSA) is 118 Å². The molecule has 49 heavy (non-hydrogen) atoms. The van der Waals surface area contributed by atoms with Crippen LogP contribution in [-0.2, 0) is 19.1 Å². The molecule has 4 aromatic rings. The Balaban J connectivity index is 1.46. The molecule has 1 saturated heterocycles. The molecule has 1 atom stereocenters. The summed E-state index contributed by atoms with van der Waals surface area (Å²) >= 11 is 1.25. The van der Waals surface area contributed by atoms with Gasteiger partial charge in [-0.15, -0.1) is 0 Å². The molecule has 256 valence electrons. The maximum atomic E-state index is 14.4. The second kappa shape index (κ2) is 15.1. The van der Waals surface area contributed by atoms with E-state index >= 15 is 0 Å². The van der Waals surface area contributed by atoms with Crippen LogP contribution in [0, 0.1) is 0 Å². The lowest BCUT2D eigenvalue weighted by atomic mass is 9.90. The summed E-state index contributed by atoms with van der Waals surface area (Å²) in [5.74, 6) is 0.734. The van der Waals surface area contributed by atoms with Crippen LogP contribution in [0.1, 0.15) is 43.9 Å². The summed E-state index contributed by atoms with van der Waals surface area (Å²) in [6.07, 6.45) is 3.03. The van der Waals surface area contributed by atoms with Crippen LogP contribution in [0.5, 0.6) is 17.2 Å². The molecule has 0 N–H and O–H groups in total. The highest BCUT2D eigenvalue weighted by molar-refractivity contribution is 7.07. The number of ether oxygens (including phenoxy) is 5. The number of methoxy groups -OCH3 is 2. The van der Waals surface area contributed by atoms with E-state index in [4.69, 9.17) is 28.7 Å². The van der Waals surface area contributed by atoms with Crippen LogP contribution in [0.25, 0.3) is 16.8 Å². The summed E-state index contributed by atoms with van der Waals surface area (Å²) < 4.78 is 30.2. The highest BCUT2D eigenvalue weighted by atomic mass is 32.1. The Hall–Kier alpha value is -4.94. The van der Waals surface area contributed by atoms with Gasteiger partial charge in [0.05, 0.1) is 49.8 Å². The minimum absolute atomic E-state index is 0.127. The lowest BCUT2D eigenvalue weighted by Gasteiger charge is -2.28. The molecule has 1 amide bonds. The molecule has 1 aromatic heterocycles. The van der Waals surface area contributed by atoms with Gasteiger partial charge in [-0.25, -0.2) is 9.79 Å². The minimum atomic E-state index is -0.839. The summed E-state index contributed by atoms with van der Waals surface area (Å²) in [4.78, 5) is 47.9. The first-order valence-electron chi connectivity index (χ1n) is 16.3. The third kappa shape index (κ3) is 6.83. The van der Waals surface area contributed by atoms with E-state index < -0.39 is 12.0 Å². The van der Waals surface area contributed by atoms with E-state index in [1.165, 1.54) is 18.4 Å². The van der Waals surface area contributed by atoms with Crippen molar-refractivity contribution in [2.75, 3.05) is 53.7 Å². The highest BCUT2D eigenvalue weighted by Crippen LogP contribution is 2.41. The van der Waals surface area contributed by atoms with E-state index in [9.17, 15) is 14.4 Å². The molecule has 0 radical (unpaired) electrons. The molecule has 1 fully saturated rings. The average molecular weight is 686 g/mol. The first-order chi connectivity index (χ1) is 23.9. The fourth-order valence-electron chi connectivity index (χ4n) is 6.22. The van der Waals surface area contributed by atoms with Crippen molar-refractivity contribution in [3.05, 3.63) is 96.7 Å². The number of fused-ring (bicyclic) bond motifs is 2. The van der Waals surface area contributed by atoms with Crippen molar-refractivity contribution >= 4 is 40.1 Å². The monoisotopic (exact) mass is 685 g/mol. The summed E-state index contributed by atoms with van der Waals surface area (Å²) in [5, 5.41) is 1.80. The fraction of sp³-hybridized carbons (Fsp3) is 0.351. The van der Waals surface area contributed by atoms with Crippen molar-refractivity contribution in [3.63, 3.8) is 0 Å². The van der Waals surface area contributed by atoms with Crippen LogP contribution in [0.15, 0.2) is 75.7 Å². The Morgan fingerprint density at radius 1 is 1.00 bits per heavy atom. The molecule has 6 rings (SSSR count). The van der Waals surface area contributed by atoms with Gasteiger partial charge in [0.15, 0.2) is 22.9 Å². The Bertz CT molecular complexity index is 2090. The number of morpholine rings is 1. The van der Waals surface area contributed by atoms with Gasteiger partial charge >= 0.3 is 5.97 Å². The van der Waals surface area contributed by atoms with Crippen LogP contribution < -0.4 is 29.1 Å². The van der Waals surface area contributed by atoms with E-state index in [1.54, 1.807) is 47.8 Å². The van der Waals surface area contributed by atoms with Crippen molar-refractivity contribution in [1.29, 1.82) is 0 Å². The second-order valence-electron chi connectivity index (χ2n) is 11.5. The zero-order valence-electron chi connectivity index (χ0n) is 28.0. The average Bonchev–Trinajstić information content (AvgIpc) is 3.43. The van der Waals surface area contributed by atoms with E-state index in [1.807, 2.05) is 43.3 Å². The molecule has 0 saturated carbocycles. The summed E-state index contributed by atoms with van der Waals surface area (Å²) in [7, 11) is 3.10. The number of esters is 1. The first-order valence-corrected chi connectivity index (χ1v) is 17.1. The fourth-order valence-corrected chi connectivity index (χ4v) is 7.24. The number of benzene rings is 3. The number of carbonyl (C=O) groups excluding carboxylic acids is 2. The highest BCUT2D eigenvalue weighted by Gasteiger charge is 2.37. The standard InChI is InChI=1S/C37H39N3O8S/c1-5-9-26-33(36(43)47-6-2)34(32-25-11-8-7-10-24(25)13-15-28(32)44-3)40-35(42)30(49-37(40)38-26)21-23-12-14-27(29(20-23)45-4)48-22-31(41)39-16-18-46-19-17-39/h7-8,10-15,20-21,34H,5-6,9,16-19,22H2,1-4H3/b30-21+/t34-/m1/s1. The van der Waals surface area contributed by atoms with E-state index in [2.05, 4.69) is 0 Å². The van der Waals surface area contributed by atoms with Gasteiger partial charge in [0.2, 0.25) is 0 Å². The van der Waals surface area contributed by atoms with Crippen molar-refractivity contribution in [2.24, 2.45) is 4.99 Å². The third-order valence-corrected chi connectivity index (χ3v) is 9.50. The molecule has 12 heteroatoms. The van der Waals surface area contributed by atoms with Crippen LogP contribution in [0.4, 0.5) is 0 Å². The van der Waals surface area contributed by atoms with Gasteiger partial charge in [-0.1, -0.05) is 61.1 Å². The summed E-state index contributed by atoms with van der Waals surface area (Å²) in [6, 6.07) is 16.1. The van der Waals surface area contributed by atoms with Crippen LogP contribution in [0.2, 0.25) is 0 Å². The number of hydrogen-bond acceptors (Lipinski definition) is 10. The SMILES string of the molecule is CCCC1=C(C(=O)OCC)[C@@H](c2c(OC)ccc3ccccc23)n2c(s/c(=C/c3ccc(OCC(=O)N4CCOCC4)c(OC)c3)c2=O)=N1. The third-order valence-electron chi connectivity index (χ3n) is 8.52. The van der Waals surface area contributed by atoms with Gasteiger partial charge in [0.1, 0.15) is 11.8 Å². The summed E-state index contributed by atoms with van der Waals surface area (Å²) in [5.41, 5.74) is 1.98. The normalized spacial score (nSPS) is 16.3. The van der Waals surface area contributed by atoms with Gasteiger partial charge < -0.3 is 28.6 Å². The number of nitrogens with zero attached hydrogens (tertiary/aromatic N) is 3. The molecule has 2 aliphatic rings. The predicted molar refractivity (Wildman–Crippen MR) is 186 cm³/mol. The molecule has 0 bridgehead atoms. The number of rotatable bonds is 11. The second-order valence-corrected chi connectivity index (χ2v) is 12.5. The lowest BCUT2D eigenvalue weighted by Crippen LogP contribution is -2.43. The minimum Gasteiger partial charge on any atom is -0.496 e. The molecule has 11 nitrogen and oxygen atoms in total. The Morgan fingerprint density at radius 3 is 2.49 bits per heavy atom. The number of hydrogen-bond donors (Lipinski definition) is 0. The molecular weight excluding hydrogens is 646 g/mol. The maximum absolute atomic E-state index is 14.4. The summed E-state index contributed by atoms with van der Waals surface area (Å²) in [6.45, 7) is 5.91. The zero-order valence-corrected chi connectivity index (χ0v) is 28.8. The van der Waals surface area contributed by atoms with Crippen molar-refractivity contribution in [1.82, 2.24) is 9.47 Å². The number of carbonyl (C=O) groups is 2. The van der Waals surface area contributed by atoms with Gasteiger partial charge in [-0.05, 0) is 54.0 Å². The maximum Gasteiger partial charge on any atom is 0.338 e. The Labute approximate surface area is 287 Å². The Morgan fingerprint density at radius 2 is 1.76 bits per heavy atom. The Kier molecular flexibility index (Phi) is 10.4. The largest absolute Gasteiger partial charge is 0.496 e. The van der Waals surface area contributed by atoms with E-state index in [0.717, 1.165) is 17.2 Å². The number of thiazole rings is 1. The van der Waals surface area contributed by atoms with Crippen LogP contribution in [-0.4, -0.2) is 75.1 Å². The van der Waals surface area contributed by atoms with Crippen molar-refractivity contribution in [3.8, 4) is 17.2 Å². The van der Waals surface area contributed by atoms with Crippen molar-refractivity contribution in [2.45, 2.75) is 32.7 Å². The molecule has 0 aliphatic carbocycles. The number of amides is 1. The lowest BCUT2D eigenvalue weighted by molar-refractivity contribution is -0.139. The number of aromatic nitrogens is 1. The first kappa shape index (κ1) is 33.9. The molecule has 0 unspecified atom stereocenters. The quantitative estimate of drug-likeness (QED) is 0.218. The smallest absolute Gasteiger partial charge is 0.338 e. The molecule has 3 aromatic carbocycles. The van der Waals surface area contributed by atoms with E-state index in [0.29, 0.717) is 81.7 Å². The van der Waals surface area contributed by atoms with Crippen LogP contribution >= 0.6 is 11.3 Å². The van der Waals surface area contributed by atoms with Gasteiger partial charge in [0, 0.05) is 18.7 Å². The predicted octanol–water partition coefficient (Wildman–Crippen LogP) is 3.99. The van der Waals surface area contributed by atoms with Gasteiger partial charge in [-0.2, -0.15) is 0 Å². The van der Waals surface area contributed by atoms with E-state index in [-0.39, 0.29) is 24.7 Å². The van der Waals surface area contributed by atoms with Crippen molar-refractivity contribution < 1.29 is 33.3 Å². The van der Waals surface area contributed by atoms with Crippen LogP contribution in [0.3, 0.4) is 0 Å². The van der Waals surface area contributed by atoms with Gasteiger partial charge in [0.25, 0.3) is 11.5 Å². The molecular formula is C37H39N3O8S. The molecule has 3 heterocycles. The molecule has 0 spiro atoms. The zero-order chi connectivity index (χ0) is 34.5. The van der Waals surface area contributed by atoms with Gasteiger partial charge in [-0.3, -0.25) is 14.2 Å². The molecule has 2 aliphatic heterocycles. The number of allylic oxidation sites excluding steroid dienone is 1.